The van der Waals surface area contributed by atoms with Gasteiger partial charge in [-0.2, -0.15) is 4.98 Å². The number of rotatable bonds is 6. The second kappa shape index (κ2) is 7.81. The predicted molar refractivity (Wildman–Crippen MR) is 105 cm³/mol. The van der Waals surface area contributed by atoms with E-state index in [2.05, 4.69) is 20.0 Å². The number of benzene rings is 2. The zero-order chi connectivity index (χ0) is 19.4. The number of anilines is 3. The monoisotopic (exact) mass is 404 g/mol. The topological polar surface area (TPSA) is 93.2 Å². The summed E-state index contributed by atoms with van der Waals surface area (Å²) in [6.45, 7) is 1.77. The summed E-state index contributed by atoms with van der Waals surface area (Å²) in [5.74, 6) is 1.60. The summed E-state index contributed by atoms with van der Waals surface area (Å²) in [5, 5.41) is 3.48. The van der Waals surface area contributed by atoms with Crippen LogP contribution in [0.3, 0.4) is 0 Å². The van der Waals surface area contributed by atoms with E-state index in [1.807, 2.05) is 0 Å². The Morgan fingerprint density at radius 3 is 2.37 bits per heavy atom. The number of ether oxygens (including phenoxy) is 1. The van der Waals surface area contributed by atoms with Gasteiger partial charge in [0.1, 0.15) is 11.6 Å². The molecule has 1 aromatic heterocycles. The molecule has 1 heterocycles. The SMILES string of the molecule is COc1cc(Nc2ccc(NS(=O)(=O)c3cccc(Cl)c3)cc2)nc(C)n1. The first-order valence-corrected chi connectivity index (χ1v) is 9.77. The molecule has 0 radical (unpaired) electrons. The molecule has 0 fully saturated rings. The first-order chi connectivity index (χ1) is 12.9. The van der Waals surface area contributed by atoms with Crippen LogP contribution in [0, 0.1) is 6.92 Å². The highest BCUT2D eigenvalue weighted by Gasteiger charge is 2.14. The van der Waals surface area contributed by atoms with Gasteiger partial charge in [0, 0.05) is 22.5 Å². The van der Waals surface area contributed by atoms with Gasteiger partial charge in [-0.3, -0.25) is 4.72 Å². The number of sulfonamides is 1. The predicted octanol–water partition coefficient (Wildman–Crippen LogP) is 3.99. The Balaban J connectivity index is 1.75. The van der Waals surface area contributed by atoms with Gasteiger partial charge in [0.15, 0.2) is 0 Å². The van der Waals surface area contributed by atoms with Gasteiger partial charge in [-0.15, -0.1) is 0 Å². The Hall–Kier alpha value is -2.84. The summed E-state index contributed by atoms with van der Waals surface area (Å²) in [6.07, 6.45) is 0. The number of hydrogen-bond donors (Lipinski definition) is 2. The third-order valence-corrected chi connectivity index (χ3v) is 5.15. The fourth-order valence-corrected chi connectivity index (χ4v) is 3.69. The molecule has 0 amide bonds. The molecule has 0 saturated carbocycles. The van der Waals surface area contributed by atoms with Crippen LogP contribution in [0.15, 0.2) is 59.5 Å². The van der Waals surface area contributed by atoms with Crippen LogP contribution in [0.25, 0.3) is 0 Å². The molecule has 0 spiro atoms. The molecule has 0 atom stereocenters. The van der Waals surface area contributed by atoms with Crippen molar-refractivity contribution in [1.29, 1.82) is 0 Å². The maximum absolute atomic E-state index is 12.4. The maximum atomic E-state index is 12.4. The number of halogens is 1. The number of hydrogen-bond acceptors (Lipinski definition) is 6. The van der Waals surface area contributed by atoms with Crippen molar-refractivity contribution in [3.63, 3.8) is 0 Å². The molecule has 9 heteroatoms. The minimum atomic E-state index is -3.71. The summed E-state index contributed by atoms with van der Waals surface area (Å²) >= 11 is 5.86. The van der Waals surface area contributed by atoms with Gasteiger partial charge < -0.3 is 10.1 Å². The van der Waals surface area contributed by atoms with Gasteiger partial charge in [0.05, 0.1) is 12.0 Å². The van der Waals surface area contributed by atoms with E-state index in [-0.39, 0.29) is 4.90 Å². The van der Waals surface area contributed by atoms with Crippen molar-refractivity contribution in [3.05, 3.63) is 65.4 Å². The summed E-state index contributed by atoms with van der Waals surface area (Å²) in [5.41, 5.74) is 1.16. The van der Waals surface area contributed by atoms with Gasteiger partial charge in [0.2, 0.25) is 5.88 Å². The Morgan fingerprint density at radius 2 is 1.70 bits per heavy atom. The summed E-state index contributed by atoms with van der Waals surface area (Å²) in [7, 11) is -2.18. The normalized spacial score (nSPS) is 11.1. The Kier molecular flexibility index (Phi) is 5.48. The molecule has 0 bridgehead atoms. The average Bonchev–Trinajstić information content (AvgIpc) is 2.62. The first kappa shape index (κ1) is 18.9. The second-order valence-corrected chi connectivity index (χ2v) is 7.73. The fourth-order valence-electron chi connectivity index (χ4n) is 2.33. The van der Waals surface area contributed by atoms with Gasteiger partial charge in [-0.05, 0) is 49.4 Å². The maximum Gasteiger partial charge on any atom is 0.261 e. The quantitative estimate of drug-likeness (QED) is 0.645. The van der Waals surface area contributed by atoms with Crippen LogP contribution in [-0.2, 0) is 10.0 Å². The number of aromatic nitrogens is 2. The fraction of sp³-hybridized carbons (Fsp3) is 0.111. The van der Waals surface area contributed by atoms with E-state index in [0.717, 1.165) is 5.69 Å². The van der Waals surface area contributed by atoms with E-state index < -0.39 is 10.0 Å². The molecule has 0 unspecified atom stereocenters. The molecule has 2 aromatic carbocycles. The van der Waals surface area contributed by atoms with Crippen molar-refractivity contribution in [3.8, 4) is 5.88 Å². The minimum absolute atomic E-state index is 0.0979. The van der Waals surface area contributed by atoms with Crippen LogP contribution in [0.1, 0.15) is 5.82 Å². The standard InChI is InChI=1S/C18H17ClN4O3S/c1-12-20-17(11-18(21-12)26-2)22-14-6-8-15(9-7-14)23-27(24,25)16-5-3-4-13(19)10-16/h3-11,23H,1-2H3,(H,20,21,22). The Bertz CT molecular complexity index is 1060. The lowest BCUT2D eigenvalue weighted by molar-refractivity contribution is 0.396. The van der Waals surface area contributed by atoms with Gasteiger partial charge >= 0.3 is 0 Å². The highest BCUT2D eigenvalue weighted by Crippen LogP contribution is 2.23. The Morgan fingerprint density at radius 1 is 1.00 bits per heavy atom. The van der Waals surface area contributed by atoms with E-state index in [1.54, 1.807) is 49.4 Å². The van der Waals surface area contributed by atoms with Crippen molar-refractivity contribution in [2.24, 2.45) is 0 Å². The lowest BCUT2D eigenvalue weighted by Crippen LogP contribution is -2.12. The summed E-state index contributed by atoms with van der Waals surface area (Å²) < 4.78 is 32.5. The van der Waals surface area contributed by atoms with Crippen LogP contribution >= 0.6 is 11.6 Å². The molecule has 27 heavy (non-hydrogen) atoms. The molecule has 3 rings (SSSR count). The Labute approximate surface area is 162 Å². The van der Waals surface area contributed by atoms with Gasteiger partial charge in [-0.25, -0.2) is 13.4 Å². The molecule has 0 aliphatic rings. The molecular formula is C18H17ClN4O3S. The number of nitrogens with zero attached hydrogens (tertiary/aromatic N) is 2. The molecule has 0 aliphatic heterocycles. The van der Waals surface area contributed by atoms with Crippen molar-refractivity contribution in [1.82, 2.24) is 9.97 Å². The molecule has 2 N–H and O–H groups in total. The minimum Gasteiger partial charge on any atom is -0.481 e. The van der Waals surface area contributed by atoms with Crippen LogP contribution in [-0.4, -0.2) is 25.5 Å². The van der Waals surface area contributed by atoms with Crippen LogP contribution in [0.2, 0.25) is 5.02 Å². The third kappa shape index (κ3) is 4.87. The average molecular weight is 405 g/mol. The smallest absolute Gasteiger partial charge is 0.261 e. The van der Waals surface area contributed by atoms with E-state index >= 15 is 0 Å². The van der Waals surface area contributed by atoms with Crippen molar-refractivity contribution < 1.29 is 13.2 Å². The molecule has 0 saturated heterocycles. The summed E-state index contributed by atoms with van der Waals surface area (Å²) in [6, 6.07) is 14.5. The first-order valence-electron chi connectivity index (χ1n) is 7.91. The van der Waals surface area contributed by atoms with Crippen LogP contribution in [0.4, 0.5) is 17.2 Å². The number of methoxy groups -OCH3 is 1. The van der Waals surface area contributed by atoms with E-state index in [4.69, 9.17) is 16.3 Å². The van der Waals surface area contributed by atoms with Gasteiger partial charge in [-0.1, -0.05) is 17.7 Å². The van der Waals surface area contributed by atoms with E-state index in [1.165, 1.54) is 19.2 Å². The van der Waals surface area contributed by atoms with Crippen LogP contribution in [0.5, 0.6) is 5.88 Å². The molecule has 3 aromatic rings. The number of nitrogens with one attached hydrogen (secondary N) is 2. The zero-order valence-corrected chi connectivity index (χ0v) is 16.2. The number of aryl methyl sites for hydroxylation is 1. The molecule has 7 nitrogen and oxygen atoms in total. The highest BCUT2D eigenvalue weighted by atomic mass is 35.5. The molecule has 0 aliphatic carbocycles. The van der Waals surface area contributed by atoms with E-state index in [0.29, 0.717) is 28.2 Å². The van der Waals surface area contributed by atoms with Gasteiger partial charge in [0.25, 0.3) is 10.0 Å². The second-order valence-electron chi connectivity index (χ2n) is 5.61. The zero-order valence-electron chi connectivity index (χ0n) is 14.6. The largest absolute Gasteiger partial charge is 0.481 e. The van der Waals surface area contributed by atoms with Crippen molar-refractivity contribution in [2.75, 3.05) is 17.1 Å². The van der Waals surface area contributed by atoms with E-state index in [9.17, 15) is 8.42 Å². The van der Waals surface area contributed by atoms with Crippen LogP contribution < -0.4 is 14.8 Å². The summed E-state index contributed by atoms with van der Waals surface area (Å²) in [4.78, 5) is 8.50. The third-order valence-electron chi connectivity index (χ3n) is 3.54. The van der Waals surface area contributed by atoms with Crippen molar-refractivity contribution in [2.45, 2.75) is 11.8 Å². The van der Waals surface area contributed by atoms with Crippen molar-refractivity contribution >= 4 is 38.8 Å². The molecule has 140 valence electrons. The lowest BCUT2D eigenvalue weighted by Gasteiger charge is -2.11. The lowest BCUT2D eigenvalue weighted by atomic mass is 10.3. The highest BCUT2D eigenvalue weighted by molar-refractivity contribution is 7.92. The molecular weight excluding hydrogens is 388 g/mol.